The average Bonchev–Trinajstić information content (AvgIpc) is 3.15. The lowest BCUT2D eigenvalue weighted by Crippen LogP contribution is -2.04. The van der Waals surface area contributed by atoms with Crippen molar-refractivity contribution in [2.75, 3.05) is 12.5 Å². The molecule has 0 aliphatic heterocycles. The standard InChI is InChI=1S/C21H19ClN2O3S/c22-12-3-4-13-27-16-10-11-19-18(14-16)21(24-23-19)28(25,26)20-9-5-7-15-6-1-2-8-17(15)20/h1-2,5-11,14H,3-4,12-13H2,(H,23,24). The van der Waals surface area contributed by atoms with Crippen LogP contribution in [0.25, 0.3) is 21.7 Å². The zero-order valence-corrected chi connectivity index (χ0v) is 16.6. The van der Waals surface area contributed by atoms with Crippen LogP contribution in [0, 0.1) is 0 Å². The number of nitrogens with zero attached hydrogens (tertiary/aromatic N) is 1. The van der Waals surface area contributed by atoms with E-state index in [2.05, 4.69) is 10.2 Å². The van der Waals surface area contributed by atoms with Crippen LogP contribution in [-0.2, 0) is 9.84 Å². The molecule has 0 amide bonds. The fraction of sp³-hybridized carbons (Fsp3) is 0.190. The Kier molecular flexibility index (Phi) is 5.24. The SMILES string of the molecule is O=S(=O)(c1cccc2ccccc12)c1n[nH]c2ccc(OCCCCCl)cc12. The zero-order valence-electron chi connectivity index (χ0n) is 15.1. The van der Waals surface area contributed by atoms with Crippen LogP contribution >= 0.6 is 11.6 Å². The number of hydrogen-bond acceptors (Lipinski definition) is 4. The second-order valence-corrected chi connectivity index (χ2v) is 8.67. The van der Waals surface area contributed by atoms with E-state index in [9.17, 15) is 8.42 Å². The molecule has 5 nitrogen and oxygen atoms in total. The second-order valence-electron chi connectivity index (χ2n) is 6.46. The van der Waals surface area contributed by atoms with Crippen LogP contribution < -0.4 is 4.74 Å². The van der Waals surface area contributed by atoms with Gasteiger partial charge in [0.05, 0.1) is 17.0 Å². The molecule has 0 unspecified atom stereocenters. The van der Waals surface area contributed by atoms with Crippen LogP contribution in [-0.4, -0.2) is 31.1 Å². The van der Waals surface area contributed by atoms with Crippen molar-refractivity contribution in [2.24, 2.45) is 0 Å². The third-order valence-corrected chi connectivity index (χ3v) is 6.61. The molecule has 0 saturated heterocycles. The first-order valence-corrected chi connectivity index (χ1v) is 11.0. The first-order chi connectivity index (χ1) is 13.6. The van der Waals surface area contributed by atoms with Crippen molar-refractivity contribution in [2.45, 2.75) is 22.8 Å². The van der Waals surface area contributed by atoms with Crippen molar-refractivity contribution in [1.82, 2.24) is 10.2 Å². The van der Waals surface area contributed by atoms with Gasteiger partial charge in [-0.3, -0.25) is 5.10 Å². The van der Waals surface area contributed by atoms with Crippen LogP contribution in [0.3, 0.4) is 0 Å². The molecule has 1 heterocycles. The summed E-state index contributed by atoms with van der Waals surface area (Å²) in [6, 6.07) is 18.0. The first-order valence-electron chi connectivity index (χ1n) is 9.01. The van der Waals surface area contributed by atoms with Crippen LogP contribution in [0.4, 0.5) is 0 Å². The number of H-pyrrole nitrogens is 1. The van der Waals surface area contributed by atoms with Gasteiger partial charge in [-0.05, 0) is 42.5 Å². The van der Waals surface area contributed by atoms with E-state index >= 15 is 0 Å². The maximum atomic E-state index is 13.4. The summed E-state index contributed by atoms with van der Waals surface area (Å²) in [6.07, 6.45) is 1.71. The molecule has 4 rings (SSSR count). The summed E-state index contributed by atoms with van der Waals surface area (Å²) in [5, 5.41) is 8.99. The smallest absolute Gasteiger partial charge is 0.226 e. The van der Waals surface area contributed by atoms with E-state index in [1.165, 1.54) is 0 Å². The lowest BCUT2D eigenvalue weighted by Gasteiger charge is -2.08. The molecule has 0 spiro atoms. The van der Waals surface area contributed by atoms with Gasteiger partial charge in [0.25, 0.3) is 0 Å². The topological polar surface area (TPSA) is 72.0 Å². The number of ether oxygens (including phenoxy) is 1. The molecule has 0 saturated carbocycles. The number of alkyl halides is 1. The van der Waals surface area contributed by atoms with E-state index in [1.807, 2.05) is 30.3 Å². The summed E-state index contributed by atoms with van der Waals surface area (Å²) in [7, 11) is -3.81. The minimum atomic E-state index is -3.81. The molecule has 144 valence electrons. The highest BCUT2D eigenvalue weighted by Crippen LogP contribution is 2.32. The van der Waals surface area contributed by atoms with E-state index in [0.29, 0.717) is 34.5 Å². The predicted octanol–water partition coefficient (Wildman–Crippen LogP) is 4.95. The summed E-state index contributed by atoms with van der Waals surface area (Å²) in [5.41, 5.74) is 0.645. The number of rotatable bonds is 7. The third kappa shape index (κ3) is 3.45. The molecule has 0 atom stereocenters. The van der Waals surface area contributed by atoms with Gasteiger partial charge < -0.3 is 4.74 Å². The lowest BCUT2D eigenvalue weighted by molar-refractivity contribution is 0.310. The number of halogens is 1. The molecule has 1 aromatic heterocycles. The summed E-state index contributed by atoms with van der Waals surface area (Å²) in [4.78, 5) is 0.243. The van der Waals surface area contributed by atoms with E-state index in [1.54, 1.807) is 30.3 Å². The molecule has 3 aromatic carbocycles. The fourth-order valence-corrected chi connectivity index (χ4v) is 4.94. The Morgan fingerprint density at radius 2 is 1.79 bits per heavy atom. The van der Waals surface area contributed by atoms with Crippen molar-refractivity contribution < 1.29 is 13.2 Å². The third-order valence-electron chi connectivity index (χ3n) is 4.59. The van der Waals surface area contributed by atoms with Crippen LogP contribution in [0.1, 0.15) is 12.8 Å². The van der Waals surface area contributed by atoms with Gasteiger partial charge in [0.2, 0.25) is 9.84 Å². The van der Waals surface area contributed by atoms with Crippen LogP contribution in [0.5, 0.6) is 5.75 Å². The van der Waals surface area contributed by atoms with Crippen molar-refractivity contribution in [3.63, 3.8) is 0 Å². The summed E-state index contributed by atoms with van der Waals surface area (Å²) in [5.74, 6) is 1.20. The Bertz CT molecular complexity index is 1230. The van der Waals surface area contributed by atoms with Gasteiger partial charge in [-0.2, -0.15) is 5.10 Å². The molecular weight excluding hydrogens is 396 g/mol. The summed E-state index contributed by atoms with van der Waals surface area (Å²) < 4.78 is 32.5. The number of aromatic nitrogens is 2. The molecular formula is C21H19ClN2O3S. The normalized spacial score (nSPS) is 11.9. The summed E-state index contributed by atoms with van der Waals surface area (Å²) >= 11 is 5.68. The largest absolute Gasteiger partial charge is 0.494 e. The monoisotopic (exact) mass is 414 g/mol. The van der Waals surface area contributed by atoms with E-state index in [4.69, 9.17) is 16.3 Å². The number of hydrogen-bond donors (Lipinski definition) is 1. The van der Waals surface area contributed by atoms with Crippen molar-refractivity contribution in [3.8, 4) is 5.75 Å². The van der Waals surface area contributed by atoms with Gasteiger partial charge in [-0.15, -0.1) is 11.6 Å². The maximum absolute atomic E-state index is 13.4. The quantitative estimate of drug-likeness (QED) is 0.343. The molecule has 0 aliphatic rings. The fourth-order valence-electron chi connectivity index (χ4n) is 3.18. The molecule has 0 fully saturated rings. The Balaban J connectivity index is 1.77. The lowest BCUT2D eigenvalue weighted by atomic mass is 10.1. The number of benzene rings is 3. The van der Waals surface area contributed by atoms with Crippen molar-refractivity contribution in [3.05, 3.63) is 60.7 Å². The van der Waals surface area contributed by atoms with Gasteiger partial charge >= 0.3 is 0 Å². The molecule has 0 radical (unpaired) electrons. The average molecular weight is 415 g/mol. The highest BCUT2D eigenvalue weighted by atomic mass is 35.5. The van der Waals surface area contributed by atoms with Gasteiger partial charge in [0.1, 0.15) is 5.75 Å². The van der Waals surface area contributed by atoms with Gasteiger partial charge in [-0.1, -0.05) is 36.4 Å². The molecule has 28 heavy (non-hydrogen) atoms. The summed E-state index contributed by atoms with van der Waals surface area (Å²) in [6.45, 7) is 0.529. The second kappa shape index (κ2) is 7.81. The van der Waals surface area contributed by atoms with Gasteiger partial charge in [0.15, 0.2) is 5.03 Å². The van der Waals surface area contributed by atoms with Crippen LogP contribution in [0.15, 0.2) is 70.6 Å². The zero-order chi connectivity index (χ0) is 19.6. The van der Waals surface area contributed by atoms with E-state index < -0.39 is 9.84 Å². The molecule has 4 aromatic rings. The number of aromatic amines is 1. The van der Waals surface area contributed by atoms with Gasteiger partial charge in [-0.25, -0.2) is 8.42 Å². The number of fused-ring (bicyclic) bond motifs is 2. The molecule has 0 bridgehead atoms. The maximum Gasteiger partial charge on any atom is 0.226 e. The van der Waals surface area contributed by atoms with Crippen LogP contribution in [0.2, 0.25) is 0 Å². The van der Waals surface area contributed by atoms with E-state index in [0.717, 1.165) is 18.2 Å². The van der Waals surface area contributed by atoms with Crippen molar-refractivity contribution >= 4 is 43.1 Å². The number of sulfone groups is 1. The Labute approximate surface area is 168 Å². The first kappa shape index (κ1) is 18.8. The predicted molar refractivity (Wildman–Crippen MR) is 111 cm³/mol. The minimum absolute atomic E-state index is 0.00469. The van der Waals surface area contributed by atoms with E-state index in [-0.39, 0.29) is 9.92 Å². The molecule has 1 N–H and O–H groups in total. The highest BCUT2D eigenvalue weighted by molar-refractivity contribution is 7.91. The Morgan fingerprint density at radius 3 is 2.64 bits per heavy atom. The van der Waals surface area contributed by atoms with Crippen molar-refractivity contribution in [1.29, 1.82) is 0 Å². The molecule has 7 heteroatoms. The van der Waals surface area contributed by atoms with Gasteiger partial charge in [0, 0.05) is 16.7 Å². The Hall–Kier alpha value is -2.57. The molecule has 0 aliphatic carbocycles. The minimum Gasteiger partial charge on any atom is -0.494 e. The Morgan fingerprint density at radius 1 is 0.964 bits per heavy atom. The number of nitrogens with one attached hydrogen (secondary N) is 1. The number of unbranched alkanes of at least 4 members (excludes halogenated alkanes) is 1. The highest BCUT2D eigenvalue weighted by Gasteiger charge is 2.25.